The van der Waals surface area contributed by atoms with Crippen molar-refractivity contribution in [1.29, 1.82) is 0 Å². The molecule has 3 rings (SSSR count). The molecule has 120 valence electrons. The number of hydrogen-bond acceptors (Lipinski definition) is 0. The summed E-state index contributed by atoms with van der Waals surface area (Å²) in [6, 6.07) is 0. The molecule has 0 aromatic rings. The summed E-state index contributed by atoms with van der Waals surface area (Å²) in [4.78, 5) is 0. The molecule has 0 aromatic carbocycles. The predicted molar refractivity (Wildman–Crippen MR) is 96.7 cm³/mol. The van der Waals surface area contributed by atoms with Gasteiger partial charge in [0.1, 0.15) is 0 Å². The fraction of sp³-hybridized carbons (Fsp3) is 0.636. The summed E-state index contributed by atoms with van der Waals surface area (Å²) in [6.07, 6.45) is 19.3. The van der Waals surface area contributed by atoms with Crippen molar-refractivity contribution in [2.24, 2.45) is 22.7 Å². The summed E-state index contributed by atoms with van der Waals surface area (Å²) in [6.45, 7) is 11.9. The second-order valence-corrected chi connectivity index (χ2v) is 9.05. The normalized spacial score (nSPS) is 26.4. The first kappa shape index (κ1) is 15.8. The summed E-state index contributed by atoms with van der Waals surface area (Å²) in [7, 11) is 0. The Labute approximate surface area is 137 Å². The molecule has 0 nitrogen and oxygen atoms in total. The van der Waals surface area contributed by atoms with E-state index in [1.807, 2.05) is 0 Å². The first-order valence-electron chi connectivity index (χ1n) is 9.11. The van der Waals surface area contributed by atoms with Gasteiger partial charge in [-0.25, -0.2) is 0 Å². The topological polar surface area (TPSA) is 0 Å². The van der Waals surface area contributed by atoms with E-state index < -0.39 is 0 Å². The van der Waals surface area contributed by atoms with Crippen LogP contribution in [0.25, 0.3) is 0 Å². The minimum absolute atomic E-state index is 0.264. The van der Waals surface area contributed by atoms with Gasteiger partial charge in [0.2, 0.25) is 0 Å². The average Bonchev–Trinajstić information content (AvgIpc) is 3.02. The van der Waals surface area contributed by atoms with Crippen molar-refractivity contribution < 1.29 is 0 Å². The van der Waals surface area contributed by atoms with Gasteiger partial charge in [-0.15, -0.1) is 0 Å². The van der Waals surface area contributed by atoms with Crippen molar-refractivity contribution in [3.8, 4) is 0 Å². The van der Waals surface area contributed by atoms with Crippen LogP contribution >= 0.6 is 0 Å². The van der Waals surface area contributed by atoms with Crippen molar-refractivity contribution in [3.05, 3.63) is 47.1 Å². The summed E-state index contributed by atoms with van der Waals surface area (Å²) in [5.41, 5.74) is 5.36. The highest BCUT2D eigenvalue weighted by molar-refractivity contribution is 5.42. The lowest BCUT2D eigenvalue weighted by Gasteiger charge is -2.34. The molecule has 0 aromatic heterocycles. The van der Waals surface area contributed by atoms with E-state index in [1.165, 1.54) is 37.7 Å². The molecule has 1 atom stereocenters. The van der Waals surface area contributed by atoms with E-state index in [-0.39, 0.29) is 10.8 Å². The lowest BCUT2D eigenvalue weighted by atomic mass is 9.69. The third kappa shape index (κ3) is 2.90. The quantitative estimate of drug-likeness (QED) is 0.537. The fourth-order valence-electron chi connectivity index (χ4n) is 4.12. The lowest BCUT2D eigenvalue weighted by molar-refractivity contribution is 0.251. The molecule has 0 amide bonds. The largest absolute Gasteiger partial charge is 0.0768 e. The van der Waals surface area contributed by atoms with Gasteiger partial charge in [-0.3, -0.25) is 0 Å². The molecule has 1 saturated carbocycles. The first-order valence-corrected chi connectivity index (χ1v) is 9.11. The van der Waals surface area contributed by atoms with Gasteiger partial charge in [0.25, 0.3) is 0 Å². The maximum absolute atomic E-state index is 2.59. The Morgan fingerprint density at radius 2 is 1.36 bits per heavy atom. The number of fused-ring (bicyclic) bond motifs is 1. The molecular weight excluding hydrogens is 264 g/mol. The molecule has 3 aliphatic rings. The van der Waals surface area contributed by atoms with Crippen LogP contribution in [-0.4, -0.2) is 0 Å². The van der Waals surface area contributed by atoms with E-state index >= 15 is 0 Å². The Morgan fingerprint density at radius 1 is 0.773 bits per heavy atom. The molecule has 0 heteroatoms. The second kappa shape index (κ2) is 5.55. The minimum Gasteiger partial charge on any atom is -0.0768 e. The Hall–Kier alpha value is -1.04. The van der Waals surface area contributed by atoms with Crippen molar-refractivity contribution in [3.63, 3.8) is 0 Å². The molecule has 1 fully saturated rings. The van der Waals surface area contributed by atoms with E-state index in [4.69, 9.17) is 0 Å². The van der Waals surface area contributed by atoms with Crippen LogP contribution in [-0.2, 0) is 0 Å². The maximum Gasteiger partial charge on any atom is 0.00182 e. The molecule has 0 heterocycles. The lowest BCUT2D eigenvalue weighted by Crippen LogP contribution is -2.27. The monoisotopic (exact) mass is 296 g/mol. The zero-order valence-corrected chi connectivity index (χ0v) is 15.1. The van der Waals surface area contributed by atoms with Gasteiger partial charge in [0, 0.05) is 11.8 Å². The zero-order chi connectivity index (χ0) is 16.0. The molecule has 0 saturated heterocycles. The number of rotatable bonds is 2. The van der Waals surface area contributed by atoms with Gasteiger partial charge in [-0.05, 0) is 53.2 Å². The van der Waals surface area contributed by atoms with Gasteiger partial charge in [0.15, 0.2) is 0 Å². The second-order valence-electron chi connectivity index (χ2n) is 9.05. The number of hydrogen-bond donors (Lipinski definition) is 0. The Balaban J connectivity index is 1.82. The standard InChI is InChI=1S/C22H32/c1-21(2,3)18-11-12-19(15-18)22(4,5)20-13-16-9-7-6-8-10-17(16)14-20/h11-15,19-20H,6-10H2,1-5H3. The molecule has 0 radical (unpaired) electrons. The highest BCUT2D eigenvalue weighted by Gasteiger charge is 2.38. The summed E-state index contributed by atoms with van der Waals surface area (Å²) in [5.74, 6) is 1.16. The fourth-order valence-corrected chi connectivity index (χ4v) is 4.12. The van der Waals surface area contributed by atoms with Crippen LogP contribution in [0.4, 0.5) is 0 Å². The minimum atomic E-state index is 0.264. The Bertz CT molecular complexity index is 535. The van der Waals surface area contributed by atoms with Gasteiger partial charge >= 0.3 is 0 Å². The van der Waals surface area contributed by atoms with Gasteiger partial charge in [-0.2, -0.15) is 0 Å². The predicted octanol–water partition coefficient (Wildman–Crippen LogP) is 6.62. The SMILES string of the molecule is CC(C)(C)C1=CC(C(C)(C)C2C=C3CCCCCC3=C2)C=C1. The highest BCUT2D eigenvalue weighted by atomic mass is 14.4. The average molecular weight is 296 g/mol. The third-order valence-electron chi connectivity index (χ3n) is 5.99. The van der Waals surface area contributed by atoms with E-state index in [2.05, 4.69) is 65.0 Å². The van der Waals surface area contributed by atoms with E-state index in [0.29, 0.717) is 11.8 Å². The van der Waals surface area contributed by atoms with Crippen molar-refractivity contribution >= 4 is 0 Å². The molecule has 0 bridgehead atoms. The molecular formula is C22H32. The zero-order valence-electron chi connectivity index (χ0n) is 15.1. The van der Waals surface area contributed by atoms with Gasteiger partial charge in [0.05, 0.1) is 0 Å². The van der Waals surface area contributed by atoms with Gasteiger partial charge < -0.3 is 0 Å². The van der Waals surface area contributed by atoms with Crippen LogP contribution < -0.4 is 0 Å². The van der Waals surface area contributed by atoms with Crippen molar-refractivity contribution in [1.82, 2.24) is 0 Å². The van der Waals surface area contributed by atoms with Crippen LogP contribution in [0.3, 0.4) is 0 Å². The summed E-state index contributed by atoms with van der Waals surface area (Å²) in [5, 5.41) is 0. The first-order chi connectivity index (χ1) is 10.3. The van der Waals surface area contributed by atoms with Gasteiger partial charge in [-0.1, -0.05) is 71.4 Å². The van der Waals surface area contributed by atoms with E-state index in [1.54, 1.807) is 11.1 Å². The van der Waals surface area contributed by atoms with E-state index in [9.17, 15) is 0 Å². The smallest absolute Gasteiger partial charge is 0.00182 e. The van der Waals surface area contributed by atoms with Crippen LogP contribution in [0, 0.1) is 22.7 Å². The van der Waals surface area contributed by atoms with Crippen LogP contribution in [0.2, 0.25) is 0 Å². The number of allylic oxidation sites excluding steroid dienone is 8. The van der Waals surface area contributed by atoms with E-state index in [0.717, 1.165) is 0 Å². The molecule has 22 heavy (non-hydrogen) atoms. The summed E-state index contributed by atoms with van der Waals surface area (Å²) < 4.78 is 0. The van der Waals surface area contributed by atoms with Crippen LogP contribution in [0.15, 0.2) is 47.1 Å². The third-order valence-corrected chi connectivity index (χ3v) is 5.99. The molecule has 1 unspecified atom stereocenters. The molecule has 0 N–H and O–H groups in total. The molecule has 0 aliphatic heterocycles. The van der Waals surface area contributed by atoms with Crippen LogP contribution in [0.5, 0.6) is 0 Å². The van der Waals surface area contributed by atoms with Crippen LogP contribution in [0.1, 0.15) is 66.7 Å². The molecule has 3 aliphatic carbocycles. The van der Waals surface area contributed by atoms with Crippen molar-refractivity contribution in [2.45, 2.75) is 66.7 Å². The maximum atomic E-state index is 2.59. The Kier molecular flexibility index (Phi) is 4.00. The molecule has 0 spiro atoms. The van der Waals surface area contributed by atoms with Crippen molar-refractivity contribution in [2.75, 3.05) is 0 Å². The summed E-state index contributed by atoms with van der Waals surface area (Å²) >= 11 is 0. The highest BCUT2D eigenvalue weighted by Crippen LogP contribution is 2.48. The Morgan fingerprint density at radius 3 is 1.86 bits per heavy atom.